The van der Waals surface area contributed by atoms with Crippen molar-refractivity contribution in [1.82, 2.24) is 0 Å². The van der Waals surface area contributed by atoms with Crippen LogP contribution in [0.5, 0.6) is 0 Å². The van der Waals surface area contributed by atoms with E-state index in [1.54, 1.807) is 0 Å². The molecule has 49 heavy (non-hydrogen) atoms. The smallest absolute Gasteiger partial charge is 0.206 e. The topological polar surface area (TPSA) is 63.8 Å². The monoisotopic (exact) mass is 746 g/mol. The van der Waals surface area contributed by atoms with Crippen LogP contribution in [0.1, 0.15) is 38.5 Å². The fourth-order valence-corrected chi connectivity index (χ4v) is 16.6. The molecule has 0 radical (unpaired) electrons. The summed E-state index contributed by atoms with van der Waals surface area (Å²) in [5.74, 6) is -2.08. The molecule has 0 aromatic heterocycles. The van der Waals surface area contributed by atoms with Gasteiger partial charge in [0.15, 0.2) is 0 Å². The van der Waals surface area contributed by atoms with Crippen LogP contribution >= 0.6 is 0 Å². The summed E-state index contributed by atoms with van der Waals surface area (Å²) in [5.41, 5.74) is 0. The Morgan fingerprint density at radius 2 is 0.837 bits per heavy atom. The maximum atomic E-state index is 15.4. The SMILES string of the molecule is C[Si](C)(CCCOCC1CO1)c1ccc([Si](C)(C)CCCC(O)(F)CCC[Si](C)(C)c2ccc([Si](C)(C)CCCOCC3CO3)cc2)cc1. The number of ether oxygens (including phenoxy) is 4. The third-order valence-corrected chi connectivity index (χ3v) is 25.2. The summed E-state index contributed by atoms with van der Waals surface area (Å²) in [6, 6.07) is 23.2. The van der Waals surface area contributed by atoms with Gasteiger partial charge in [0, 0.05) is 26.1 Å². The van der Waals surface area contributed by atoms with Gasteiger partial charge in [-0.1, -0.05) is 146 Å². The highest BCUT2D eigenvalue weighted by Crippen LogP contribution is 2.27. The van der Waals surface area contributed by atoms with Crippen molar-refractivity contribution in [3.63, 3.8) is 0 Å². The molecule has 4 rings (SSSR count). The average Bonchev–Trinajstić information content (AvgIpc) is 3.97. The molecule has 2 saturated heterocycles. The quantitative estimate of drug-likeness (QED) is 0.0722. The van der Waals surface area contributed by atoms with Gasteiger partial charge in [0.1, 0.15) is 12.2 Å². The number of halogens is 1. The second-order valence-corrected chi connectivity index (χ2v) is 37.0. The third-order valence-electron chi connectivity index (χ3n) is 11.2. The van der Waals surface area contributed by atoms with Gasteiger partial charge in [0.2, 0.25) is 5.85 Å². The Morgan fingerprint density at radius 3 is 1.10 bits per heavy atom. The van der Waals surface area contributed by atoms with E-state index in [2.05, 4.69) is 101 Å². The largest absolute Gasteiger partial charge is 0.379 e. The first kappa shape index (κ1) is 40.8. The minimum atomic E-state index is -2.08. The summed E-state index contributed by atoms with van der Waals surface area (Å²) >= 11 is 0. The second kappa shape index (κ2) is 17.7. The van der Waals surface area contributed by atoms with Gasteiger partial charge in [0.25, 0.3) is 0 Å². The molecule has 0 spiro atoms. The number of benzene rings is 2. The number of alkyl halides is 1. The van der Waals surface area contributed by atoms with E-state index in [-0.39, 0.29) is 12.8 Å². The zero-order valence-electron chi connectivity index (χ0n) is 32.0. The molecule has 0 bridgehead atoms. The first-order chi connectivity index (χ1) is 23.0. The molecular weight excluding hydrogens is 680 g/mol. The number of epoxide rings is 2. The molecule has 276 valence electrons. The number of hydrogen-bond acceptors (Lipinski definition) is 5. The van der Waals surface area contributed by atoms with Gasteiger partial charge < -0.3 is 24.1 Å². The Kier molecular flexibility index (Phi) is 14.7. The molecule has 0 amide bonds. The Labute approximate surface area is 301 Å². The third kappa shape index (κ3) is 13.8. The van der Waals surface area contributed by atoms with Crippen molar-refractivity contribution in [3.05, 3.63) is 48.5 Å². The van der Waals surface area contributed by atoms with E-state index in [9.17, 15) is 5.11 Å². The van der Waals surface area contributed by atoms with Gasteiger partial charge in [-0.2, -0.15) is 0 Å². The van der Waals surface area contributed by atoms with E-state index in [0.29, 0.717) is 12.2 Å². The van der Waals surface area contributed by atoms with E-state index in [1.807, 2.05) is 0 Å². The van der Waals surface area contributed by atoms with Crippen LogP contribution in [0.15, 0.2) is 48.5 Å². The van der Waals surface area contributed by atoms with Crippen molar-refractivity contribution in [2.45, 2.75) is 133 Å². The Hall–Kier alpha value is -0.962. The lowest BCUT2D eigenvalue weighted by Crippen LogP contribution is -2.45. The van der Waals surface area contributed by atoms with Crippen molar-refractivity contribution in [3.8, 4) is 0 Å². The van der Waals surface area contributed by atoms with Crippen LogP contribution in [0.25, 0.3) is 0 Å². The van der Waals surface area contributed by atoms with Gasteiger partial charge in [0.05, 0.1) is 58.7 Å². The van der Waals surface area contributed by atoms with E-state index in [4.69, 9.17) is 18.9 Å². The zero-order chi connectivity index (χ0) is 35.8. The molecule has 5 nitrogen and oxygen atoms in total. The standard InChI is InChI=1S/C39H67FO5Si4/c1-46(2,35-13-17-37(18-14-35)48(5,6)27-11-23-42-29-33-31-44-33)25-9-21-39(40,41)22-10-26-47(3,4)36-15-19-38(20-16-36)49(7,8)28-12-24-43-30-34-32-45-34/h13-20,33-34,41H,9-12,21-32H2,1-8H3. The van der Waals surface area contributed by atoms with Crippen molar-refractivity contribution in [2.24, 2.45) is 0 Å². The fraction of sp³-hybridized carbons (Fsp3) is 0.692. The molecule has 2 aromatic rings. The Morgan fingerprint density at radius 1 is 0.571 bits per heavy atom. The van der Waals surface area contributed by atoms with Gasteiger partial charge in [-0.15, -0.1) is 0 Å². The molecule has 2 heterocycles. The van der Waals surface area contributed by atoms with Gasteiger partial charge in [-0.05, 0) is 25.7 Å². The summed E-state index contributed by atoms with van der Waals surface area (Å²) in [6.07, 6.45) is 4.78. The van der Waals surface area contributed by atoms with E-state index in [1.165, 1.54) is 32.8 Å². The molecule has 2 aliphatic rings. The second-order valence-electron chi connectivity index (χ2n) is 17.6. The summed E-state index contributed by atoms with van der Waals surface area (Å²) in [5, 5.41) is 16.6. The minimum Gasteiger partial charge on any atom is -0.379 e. The number of aliphatic hydroxyl groups is 1. The van der Waals surface area contributed by atoms with Gasteiger partial charge >= 0.3 is 0 Å². The highest BCUT2D eigenvalue weighted by Gasteiger charge is 2.32. The van der Waals surface area contributed by atoms with Crippen LogP contribution in [0.4, 0.5) is 4.39 Å². The summed E-state index contributed by atoms with van der Waals surface area (Å²) < 4.78 is 37.3. The lowest BCUT2D eigenvalue weighted by molar-refractivity contribution is -0.101. The van der Waals surface area contributed by atoms with Crippen molar-refractivity contribution >= 4 is 53.0 Å². The lowest BCUT2D eigenvalue weighted by atomic mass is 10.1. The van der Waals surface area contributed by atoms with Crippen LogP contribution in [0.3, 0.4) is 0 Å². The molecule has 1 N–H and O–H groups in total. The van der Waals surface area contributed by atoms with Crippen molar-refractivity contribution in [1.29, 1.82) is 0 Å². The van der Waals surface area contributed by atoms with Crippen LogP contribution in [-0.4, -0.2) is 95.1 Å². The molecule has 0 saturated carbocycles. The number of hydrogen-bond donors (Lipinski definition) is 1. The molecule has 0 aliphatic carbocycles. The van der Waals surface area contributed by atoms with Gasteiger partial charge in [-0.25, -0.2) is 4.39 Å². The Balaban J connectivity index is 1.16. The Bertz CT molecular complexity index is 1180. The van der Waals surface area contributed by atoms with E-state index in [0.717, 1.165) is 77.4 Å². The first-order valence-corrected chi connectivity index (χ1v) is 31.8. The van der Waals surface area contributed by atoms with Crippen LogP contribution in [0, 0.1) is 0 Å². The predicted octanol–water partition coefficient (Wildman–Crippen LogP) is 6.88. The van der Waals surface area contributed by atoms with E-state index >= 15 is 4.39 Å². The molecule has 2 aromatic carbocycles. The van der Waals surface area contributed by atoms with Crippen molar-refractivity contribution < 1.29 is 28.4 Å². The predicted molar refractivity (Wildman–Crippen MR) is 215 cm³/mol. The summed E-state index contributed by atoms with van der Waals surface area (Å²) in [4.78, 5) is 0. The summed E-state index contributed by atoms with van der Waals surface area (Å²) in [6.45, 7) is 24.1. The highest BCUT2D eigenvalue weighted by molar-refractivity contribution is 6.92. The average molecular weight is 747 g/mol. The molecular formula is C39H67FO5Si4. The van der Waals surface area contributed by atoms with Crippen molar-refractivity contribution in [2.75, 3.05) is 39.6 Å². The maximum absolute atomic E-state index is 15.4. The molecule has 2 atom stereocenters. The summed E-state index contributed by atoms with van der Waals surface area (Å²) in [7, 11) is -6.51. The zero-order valence-corrected chi connectivity index (χ0v) is 36.0. The van der Waals surface area contributed by atoms with Crippen LogP contribution in [-0.2, 0) is 18.9 Å². The fourth-order valence-electron chi connectivity index (χ4n) is 7.04. The van der Waals surface area contributed by atoms with Crippen LogP contribution in [0.2, 0.25) is 76.6 Å². The normalized spacial score (nSPS) is 19.6. The molecule has 2 aliphatic heterocycles. The number of rotatable bonds is 24. The maximum Gasteiger partial charge on any atom is 0.206 e. The minimum absolute atomic E-state index is 0.228. The van der Waals surface area contributed by atoms with E-state index < -0.39 is 38.2 Å². The lowest BCUT2D eigenvalue weighted by Gasteiger charge is -2.28. The highest BCUT2D eigenvalue weighted by atomic mass is 28.3. The first-order valence-electron chi connectivity index (χ1n) is 19.0. The molecule has 2 fully saturated rings. The van der Waals surface area contributed by atoms with Crippen LogP contribution < -0.4 is 20.7 Å². The molecule has 10 heteroatoms. The van der Waals surface area contributed by atoms with Gasteiger partial charge in [-0.3, -0.25) is 0 Å². The molecule has 2 unspecified atom stereocenters.